The monoisotopic (exact) mass is 244 g/mol. The molecule has 3 atom stereocenters. The number of carbonyl (C=O) groups excluding carboxylic acids is 1. The second-order valence-corrected chi connectivity index (χ2v) is 4.71. The van der Waals surface area contributed by atoms with Gasteiger partial charge in [-0.1, -0.05) is 13.8 Å². The van der Waals surface area contributed by atoms with Crippen molar-refractivity contribution in [2.45, 2.75) is 45.8 Å². The number of hydrogen-bond acceptors (Lipinski definition) is 4. The van der Waals surface area contributed by atoms with Crippen LogP contribution < -0.4 is 11.1 Å². The molecule has 0 radical (unpaired) electrons. The van der Waals surface area contributed by atoms with Gasteiger partial charge >= 0.3 is 6.09 Å². The molecule has 1 amide bonds. The molecule has 1 fully saturated rings. The Labute approximate surface area is 103 Å². The van der Waals surface area contributed by atoms with Crippen molar-refractivity contribution in [3.05, 3.63) is 0 Å². The quantitative estimate of drug-likeness (QED) is 0.661. The maximum absolute atomic E-state index is 10.4. The summed E-state index contributed by atoms with van der Waals surface area (Å²) >= 11 is 0. The number of nitrogens with two attached hydrogens (primary N) is 1. The van der Waals surface area contributed by atoms with Crippen LogP contribution in [0.15, 0.2) is 0 Å². The van der Waals surface area contributed by atoms with Crippen LogP contribution in [0, 0.1) is 5.41 Å². The van der Waals surface area contributed by atoms with Crippen LogP contribution in [-0.4, -0.2) is 38.0 Å². The lowest BCUT2D eigenvalue weighted by Crippen LogP contribution is -2.62. The van der Waals surface area contributed by atoms with Gasteiger partial charge in [0.15, 0.2) is 0 Å². The number of ether oxygens (including phenoxy) is 2. The number of hydrogen-bond donors (Lipinski definition) is 2. The molecule has 100 valence electrons. The maximum atomic E-state index is 10.4. The Bertz CT molecular complexity index is 260. The van der Waals surface area contributed by atoms with Crippen LogP contribution in [0.3, 0.4) is 0 Å². The third-order valence-corrected chi connectivity index (χ3v) is 3.85. The normalized spacial score (nSPS) is 31.9. The largest absolute Gasteiger partial charge is 0.448 e. The second kappa shape index (κ2) is 6.21. The van der Waals surface area contributed by atoms with E-state index in [0.717, 1.165) is 19.4 Å². The lowest BCUT2D eigenvalue weighted by atomic mass is 9.61. The van der Waals surface area contributed by atoms with Crippen LogP contribution in [0.2, 0.25) is 0 Å². The van der Waals surface area contributed by atoms with Crippen LogP contribution in [0.5, 0.6) is 0 Å². The molecular weight excluding hydrogens is 220 g/mol. The van der Waals surface area contributed by atoms with Crippen LogP contribution >= 0.6 is 0 Å². The molecule has 0 aromatic rings. The van der Waals surface area contributed by atoms with Gasteiger partial charge in [0, 0.05) is 24.6 Å². The van der Waals surface area contributed by atoms with Crippen LogP contribution in [0.4, 0.5) is 4.79 Å². The summed E-state index contributed by atoms with van der Waals surface area (Å²) in [5.41, 5.74) is 5.07. The Balaban J connectivity index is 2.28. The van der Waals surface area contributed by atoms with Gasteiger partial charge in [-0.25, -0.2) is 4.79 Å². The summed E-state index contributed by atoms with van der Waals surface area (Å²) < 4.78 is 10.4. The molecule has 17 heavy (non-hydrogen) atoms. The molecule has 1 rings (SSSR count). The number of nitrogens with one attached hydrogen (secondary N) is 1. The third kappa shape index (κ3) is 3.33. The molecule has 0 bridgehead atoms. The summed E-state index contributed by atoms with van der Waals surface area (Å²) in [7, 11) is 0. The molecule has 5 heteroatoms. The molecular formula is C12H24N2O3. The molecule has 0 saturated heterocycles. The predicted molar refractivity (Wildman–Crippen MR) is 65.8 cm³/mol. The highest BCUT2D eigenvalue weighted by molar-refractivity contribution is 5.64. The van der Waals surface area contributed by atoms with E-state index in [2.05, 4.69) is 23.9 Å². The Morgan fingerprint density at radius 3 is 2.76 bits per heavy atom. The highest BCUT2D eigenvalue weighted by Gasteiger charge is 2.50. The lowest BCUT2D eigenvalue weighted by molar-refractivity contribution is -0.126. The molecule has 1 aliphatic carbocycles. The zero-order chi connectivity index (χ0) is 12.9. The Kier molecular flexibility index (Phi) is 5.21. The summed E-state index contributed by atoms with van der Waals surface area (Å²) in [5, 5.41) is 3.39. The van der Waals surface area contributed by atoms with E-state index in [1.165, 1.54) is 0 Å². The predicted octanol–water partition coefficient (Wildman–Crippen LogP) is 1.26. The smallest absolute Gasteiger partial charge is 0.404 e. The van der Waals surface area contributed by atoms with Gasteiger partial charge in [0.1, 0.15) is 6.61 Å². The zero-order valence-corrected chi connectivity index (χ0v) is 11.0. The second-order valence-electron chi connectivity index (χ2n) is 4.71. The highest BCUT2D eigenvalue weighted by Crippen LogP contribution is 2.45. The molecule has 0 spiro atoms. The van der Waals surface area contributed by atoms with Gasteiger partial charge in [-0.3, -0.25) is 0 Å². The van der Waals surface area contributed by atoms with E-state index >= 15 is 0 Å². The van der Waals surface area contributed by atoms with E-state index in [4.69, 9.17) is 10.5 Å². The topological polar surface area (TPSA) is 73.6 Å². The van der Waals surface area contributed by atoms with Crippen molar-refractivity contribution >= 4 is 6.09 Å². The maximum Gasteiger partial charge on any atom is 0.404 e. The van der Waals surface area contributed by atoms with Gasteiger partial charge in [0.2, 0.25) is 0 Å². The van der Waals surface area contributed by atoms with Crippen LogP contribution in [0.25, 0.3) is 0 Å². The summed E-state index contributed by atoms with van der Waals surface area (Å²) in [5.74, 6) is 0. The minimum absolute atomic E-state index is 0.183. The first-order chi connectivity index (χ1) is 8.04. The lowest BCUT2D eigenvalue weighted by Gasteiger charge is -2.53. The Morgan fingerprint density at radius 2 is 2.24 bits per heavy atom. The van der Waals surface area contributed by atoms with Gasteiger partial charge in [-0.15, -0.1) is 0 Å². The van der Waals surface area contributed by atoms with Crippen molar-refractivity contribution in [1.29, 1.82) is 0 Å². The van der Waals surface area contributed by atoms with Crippen molar-refractivity contribution in [2.24, 2.45) is 11.1 Å². The molecule has 3 N–H and O–H groups in total. The fourth-order valence-corrected chi connectivity index (χ4v) is 2.45. The van der Waals surface area contributed by atoms with Crippen LogP contribution in [-0.2, 0) is 9.47 Å². The van der Waals surface area contributed by atoms with Crippen LogP contribution in [0.1, 0.15) is 33.6 Å². The summed E-state index contributed by atoms with van der Waals surface area (Å²) in [6.45, 7) is 8.17. The molecule has 5 nitrogen and oxygen atoms in total. The SMILES string of the molecule is CCOC1CC(NCCOC(N)=O)C1(C)CC. The van der Waals surface area contributed by atoms with Gasteiger partial charge < -0.3 is 20.5 Å². The van der Waals surface area contributed by atoms with E-state index < -0.39 is 6.09 Å². The highest BCUT2D eigenvalue weighted by atomic mass is 16.5. The number of rotatable bonds is 7. The minimum atomic E-state index is -0.717. The van der Waals surface area contributed by atoms with E-state index in [9.17, 15) is 4.79 Å². The number of primary amides is 1. The van der Waals surface area contributed by atoms with E-state index in [1.54, 1.807) is 0 Å². The van der Waals surface area contributed by atoms with E-state index in [-0.39, 0.29) is 5.41 Å². The molecule has 0 heterocycles. The molecule has 3 unspecified atom stereocenters. The zero-order valence-electron chi connectivity index (χ0n) is 11.0. The fourth-order valence-electron chi connectivity index (χ4n) is 2.45. The first-order valence-corrected chi connectivity index (χ1v) is 6.31. The third-order valence-electron chi connectivity index (χ3n) is 3.85. The van der Waals surface area contributed by atoms with Crippen molar-refractivity contribution in [1.82, 2.24) is 5.32 Å². The minimum Gasteiger partial charge on any atom is -0.448 e. The van der Waals surface area contributed by atoms with Gasteiger partial charge in [0.05, 0.1) is 6.10 Å². The van der Waals surface area contributed by atoms with Crippen molar-refractivity contribution in [3.8, 4) is 0 Å². The van der Waals surface area contributed by atoms with Crippen molar-refractivity contribution in [2.75, 3.05) is 19.8 Å². The first kappa shape index (κ1) is 14.3. The van der Waals surface area contributed by atoms with Gasteiger partial charge in [0.25, 0.3) is 0 Å². The first-order valence-electron chi connectivity index (χ1n) is 6.31. The molecule has 1 aliphatic rings. The standard InChI is InChI=1S/C12H24N2O3/c1-4-12(3)9(8-10(12)16-5-2)14-6-7-17-11(13)15/h9-10,14H,4-8H2,1-3H3,(H2,13,15). The Morgan fingerprint density at radius 1 is 1.53 bits per heavy atom. The average molecular weight is 244 g/mol. The molecule has 1 saturated carbocycles. The molecule has 0 aliphatic heterocycles. The summed E-state index contributed by atoms with van der Waals surface area (Å²) in [6, 6.07) is 0.431. The number of amides is 1. The number of carbonyl (C=O) groups is 1. The van der Waals surface area contributed by atoms with Crippen molar-refractivity contribution < 1.29 is 14.3 Å². The fraction of sp³-hybridized carbons (Fsp3) is 0.917. The van der Waals surface area contributed by atoms with Crippen molar-refractivity contribution in [3.63, 3.8) is 0 Å². The average Bonchev–Trinajstić information content (AvgIpc) is 2.30. The summed E-state index contributed by atoms with van der Waals surface area (Å²) in [6.07, 6.45) is 1.72. The van der Waals surface area contributed by atoms with Gasteiger partial charge in [-0.05, 0) is 19.8 Å². The van der Waals surface area contributed by atoms with E-state index in [1.807, 2.05) is 6.92 Å². The summed E-state index contributed by atoms with van der Waals surface area (Å²) in [4.78, 5) is 10.4. The molecule has 0 aromatic heterocycles. The van der Waals surface area contributed by atoms with E-state index in [0.29, 0.717) is 25.3 Å². The Hall–Kier alpha value is -0.810. The van der Waals surface area contributed by atoms with Gasteiger partial charge in [-0.2, -0.15) is 0 Å². The molecule has 0 aromatic carbocycles.